The van der Waals surface area contributed by atoms with E-state index in [1.165, 1.54) is 16.7 Å². The molecular formula is C13H16N+. The van der Waals surface area contributed by atoms with Crippen molar-refractivity contribution in [3.05, 3.63) is 41.5 Å². The molecule has 0 atom stereocenters. The molecule has 1 aliphatic rings. The number of hydrogen-bond donors (Lipinski definition) is 0. The van der Waals surface area contributed by atoms with E-state index in [9.17, 15) is 0 Å². The summed E-state index contributed by atoms with van der Waals surface area (Å²) in [6, 6.07) is 10.7. The van der Waals surface area contributed by atoms with Crippen LogP contribution in [-0.2, 0) is 0 Å². The minimum atomic E-state index is 1.13. The van der Waals surface area contributed by atoms with Crippen molar-refractivity contribution >= 4 is 11.8 Å². The molecule has 0 saturated heterocycles. The summed E-state index contributed by atoms with van der Waals surface area (Å²) in [5.41, 5.74) is 4.25. The molecule has 0 unspecified atom stereocenters. The molecule has 2 rings (SSSR count). The molecule has 14 heavy (non-hydrogen) atoms. The molecule has 0 spiro atoms. The highest BCUT2D eigenvalue weighted by Gasteiger charge is 2.13. The predicted octanol–water partition coefficient (Wildman–Crippen LogP) is 2.58. The molecule has 1 aromatic carbocycles. The number of nitrogens with zero attached hydrogens (tertiary/aromatic N) is 1. The highest BCUT2D eigenvalue weighted by Crippen LogP contribution is 2.23. The summed E-state index contributed by atoms with van der Waals surface area (Å²) >= 11 is 0. The van der Waals surface area contributed by atoms with Crippen LogP contribution in [0.5, 0.6) is 0 Å². The van der Waals surface area contributed by atoms with Gasteiger partial charge in [-0.2, -0.15) is 0 Å². The molecule has 1 aromatic rings. The zero-order chi connectivity index (χ0) is 9.97. The third-order valence-electron chi connectivity index (χ3n) is 2.73. The fourth-order valence-electron chi connectivity index (χ4n) is 1.97. The molecule has 0 bridgehead atoms. The van der Waals surface area contributed by atoms with Crippen molar-refractivity contribution in [2.24, 2.45) is 0 Å². The monoisotopic (exact) mass is 186 g/mol. The Kier molecular flexibility index (Phi) is 2.49. The SMILES string of the molecule is CC1=C(c2ccccc2)CC[N+](C)=C1. The number of rotatable bonds is 1. The average molecular weight is 186 g/mol. The Balaban J connectivity index is 2.41. The van der Waals surface area contributed by atoms with Crippen molar-refractivity contribution < 1.29 is 4.58 Å². The summed E-state index contributed by atoms with van der Waals surface area (Å²) in [5.74, 6) is 0. The Morgan fingerprint density at radius 3 is 2.50 bits per heavy atom. The molecule has 0 fully saturated rings. The molecule has 0 amide bonds. The fraction of sp³-hybridized carbons (Fsp3) is 0.308. The largest absolute Gasteiger partial charge is 0.238 e. The van der Waals surface area contributed by atoms with Gasteiger partial charge in [-0.1, -0.05) is 30.3 Å². The van der Waals surface area contributed by atoms with Crippen molar-refractivity contribution in [3.8, 4) is 0 Å². The fourth-order valence-corrected chi connectivity index (χ4v) is 1.97. The standard InChI is InChI=1S/C13H16N/c1-11-10-14(2)9-8-13(11)12-6-4-3-5-7-12/h3-7,10H,8-9H2,1-2H3/q+1. The van der Waals surface area contributed by atoms with Crippen LogP contribution in [0.15, 0.2) is 35.9 Å². The van der Waals surface area contributed by atoms with Crippen molar-refractivity contribution in [1.29, 1.82) is 0 Å². The summed E-state index contributed by atoms with van der Waals surface area (Å²) in [7, 11) is 2.13. The van der Waals surface area contributed by atoms with E-state index in [4.69, 9.17) is 0 Å². The van der Waals surface area contributed by atoms with Gasteiger partial charge in [0.25, 0.3) is 0 Å². The molecule has 1 nitrogen and oxygen atoms in total. The Labute approximate surface area is 85.4 Å². The van der Waals surface area contributed by atoms with Gasteiger partial charge < -0.3 is 0 Å². The van der Waals surface area contributed by atoms with Gasteiger partial charge in [0, 0.05) is 12.0 Å². The summed E-state index contributed by atoms with van der Waals surface area (Å²) < 4.78 is 2.25. The summed E-state index contributed by atoms with van der Waals surface area (Å²) in [5, 5.41) is 0. The molecule has 0 saturated carbocycles. The zero-order valence-corrected chi connectivity index (χ0v) is 8.83. The van der Waals surface area contributed by atoms with E-state index in [0.29, 0.717) is 0 Å². The maximum absolute atomic E-state index is 2.25. The van der Waals surface area contributed by atoms with Crippen LogP contribution in [-0.4, -0.2) is 24.4 Å². The van der Waals surface area contributed by atoms with E-state index >= 15 is 0 Å². The van der Waals surface area contributed by atoms with Crippen LogP contribution >= 0.6 is 0 Å². The van der Waals surface area contributed by atoms with Crippen LogP contribution in [0.3, 0.4) is 0 Å². The van der Waals surface area contributed by atoms with Crippen molar-refractivity contribution in [2.75, 3.05) is 13.6 Å². The van der Waals surface area contributed by atoms with Gasteiger partial charge >= 0.3 is 0 Å². The molecule has 0 aromatic heterocycles. The van der Waals surface area contributed by atoms with E-state index in [1.54, 1.807) is 0 Å². The normalized spacial score (nSPS) is 16.9. The first-order chi connectivity index (χ1) is 6.77. The maximum atomic E-state index is 2.25. The van der Waals surface area contributed by atoms with Gasteiger partial charge in [0.2, 0.25) is 0 Å². The molecule has 0 radical (unpaired) electrons. The lowest BCUT2D eigenvalue weighted by atomic mass is 9.96. The lowest BCUT2D eigenvalue weighted by Crippen LogP contribution is -2.15. The van der Waals surface area contributed by atoms with E-state index in [2.05, 4.69) is 55.1 Å². The minimum Gasteiger partial charge on any atom is -0.238 e. The first kappa shape index (κ1) is 9.20. The van der Waals surface area contributed by atoms with E-state index in [0.717, 1.165) is 13.0 Å². The van der Waals surface area contributed by atoms with Crippen molar-refractivity contribution in [3.63, 3.8) is 0 Å². The number of hydrogen-bond acceptors (Lipinski definition) is 0. The first-order valence-electron chi connectivity index (χ1n) is 5.07. The van der Waals surface area contributed by atoms with Gasteiger partial charge in [0.05, 0.1) is 0 Å². The van der Waals surface area contributed by atoms with Crippen LogP contribution in [0.2, 0.25) is 0 Å². The van der Waals surface area contributed by atoms with Crippen LogP contribution in [0.4, 0.5) is 0 Å². The summed E-state index contributed by atoms with van der Waals surface area (Å²) in [6.45, 7) is 3.32. The molecule has 72 valence electrons. The minimum absolute atomic E-state index is 1.13. The Morgan fingerprint density at radius 1 is 1.14 bits per heavy atom. The van der Waals surface area contributed by atoms with Crippen LogP contribution in [0.25, 0.3) is 5.57 Å². The van der Waals surface area contributed by atoms with E-state index in [-0.39, 0.29) is 0 Å². The second-order valence-electron chi connectivity index (χ2n) is 3.89. The second kappa shape index (κ2) is 3.79. The highest BCUT2D eigenvalue weighted by molar-refractivity contribution is 5.88. The molecule has 0 aliphatic carbocycles. The summed E-state index contributed by atoms with van der Waals surface area (Å²) in [6.07, 6.45) is 3.38. The predicted molar refractivity (Wildman–Crippen MR) is 60.8 cm³/mol. The lowest BCUT2D eigenvalue weighted by molar-refractivity contribution is -0.491. The van der Waals surface area contributed by atoms with Crippen LogP contribution in [0, 0.1) is 0 Å². The number of allylic oxidation sites excluding steroid dienone is 1. The third kappa shape index (κ3) is 1.77. The van der Waals surface area contributed by atoms with Crippen molar-refractivity contribution in [2.45, 2.75) is 13.3 Å². The molecule has 1 heteroatoms. The quantitative estimate of drug-likeness (QED) is 0.593. The lowest BCUT2D eigenvalue weighted by Gasteiger charge is -2.12. The average Bonchev–Trinajstić information content (AvgIpc) is 2.19. The molecule has 1 aliphatic heterocycles. The third-order valence-corrected chi connectivity index (χ3v) is 2.73. The Hall–Kier alpha value is -1.37. The van der Waals surface area contributed by atoms with Gasteiger partial charge in [-0.25, -0.2) is 4.58 Å². The van der Waals surface area contributed by atoms with E-state index in [1.807, 2.05) is 0 Å². The topological polar surface area (TPSA) is 3.01 Å². The van der Waals surface area contributed by atoms with E-state index < -0.39 is 0 Å². The highest BCUT2D eigenvalue weighted by atomic mass is 15.0. The van der Waals surface area contributed by atoms with Crippen molar-refractivity contribution in [1.82, 2.24) is 0 Å². The zero-order valence-electron chi connectivity index (χ0n) is 8.83. The summed E-state index contributed by atoms with van der Waals surface area (Å²) in [4.78, 5) is 0. The Bertz CT molecular complexity index is 385. The maximum Gasteiger partial charge on any atom is 0.166 e. The second-order valence-corrected chi connectivity index (χ2v) is 3.89. The number of benzene rings is 1. The smallest absolute Gasteiger partial charge is 0.166 e. The van der Waals surface area contributed by atoms with Gasteiger partial charge in [-0.3, -0.25) is 0 Å². The van der Waals surface area contributed by atoms with Gasteiger partial charge in [0.1, 0.15) is 13.6 Å². The molecular weight excluding hydrogens is 170 g/mol. The van der Waals surface area contributed by atoms with Crippen LogP contribution in [0.1, 0.15) is 18.9 Å². The Morgan fingerprint density at radius 2 is 1.86 bits per heavy atom. The first-order valence-corrected chi connectivity index (χ1v) is 5.07. The molecule has 0 N–H and O–H groups in total. The van der Waals surface area contributed by atoms with Gasteiger partial charge in [-0.05, 0) is 18.1 Å². The van der Waals surface area contributed by atoms with Gasteiger partial charge in [-0.15, -0.1) is 0 Å². The van der Waals surface area contributed by atoms with Crippen LogP contribution < -0.4 is 0 Å². The van der Waals surface area contributed by atoms with Gasteiger partial charge in [0.15, 0.2) is 6.21 Å². The molecule has 1 heterocycles.